The Kier molecular flexibility index (Phi) is 7.17. The van der Waals surface area contributed by atoms with Gasteiger partial charge in [0.1, 0.15) is 5.75 Å². The lowest BCUT2D eigenvalue weighted by atomic mass is 10.1. The molecule has 0 heterocycles. The minimum atomic E-state index is -3.90. The van der Waals surface area contributed by atoms with Crippen LogP contribution in [0, 0.1) is 5.92 Å². The molecule has 0 aliphatic rings. The average Bonchev–Trinajstić information content (AvgIpc) is 2.71. The van der Waals surface area contributed by atoms with E-state index in [9.17, 15) is 13.2 Å². The predicted octanol–water partition coefficient (Wildman–Crippen LogP) is 3.65. The number of benzene rings is 2. The number of hydrogen-bond acceptors (Lipinski definition) is 5. The number of nitrogens with zero attached hydrogens (tertiary/aromatic N) is 1. The Morgan fingerprint density at radius 2 is 1.89 bits per heavy atom. The van der Waals surface area contributed by atoms with E-state index >= 15 is 0 Å². The Bertz CT molecular complexity index is 971. The van der Waals surface area contributed by atoms with Crippen molar-refractivity contribution in [1.82, 2.24) is 5.43 Å². The molecule has 1 atom stereocenters. The molecule has 0 saturated heterocycles. The SMILES string of the molecule is CC[C@H](C)/C(C)=N\NC(=O)c1cccc(S(=O)(=O)Nc2ccccc2OC)c1. The second-order valence-corrected chi connectivity index (χ2v) is 8.02. The van der Waals surface area contributed by atoms with E-state index in [1.54, 1.807) is 24.3 Å². The van der Waals surface area contributed by atoms with Crippen LogP contribution in [0.4, 0.5) is 5.69 Å². The van der Waals surface area contributed by atoms with Gasteiger partial charge in [0.05, 0.1) is 17.7 Å². The molecule has 2 rings (SSSR count). The minimum absolute atomic E-state index is 0.0336. The summed E-state index contributed by atoms with van der Waals surface area (Å²) in [5.74, 6) is 0.170. The lowest BCUT2D eigenvalue weighted by molar-refractivity contribution is 0.0954. The number of para-hydroxylation sites is 2. The highest BCUT2D eigenvalue weighted by molar-refractivity contribution is 7.92. The molecule has 0 radical (unpaired) electrons. The number of hydrazone groups is 1. The lowest BCUT2D eigenvalue weighted by Crippen LogP contribution is -2.21. The second-order valence-electron chi connectivity index (χ2n) is 6.34. The smallest absolute Gasteiger partial charge is 0.271 e. The monoisotopic (exact) mass is 403 g/mol. The molecule has 0 unspecified atom stereocenters. The van der Waals surface area contributed by atoms with Gasteiger partial charge in [-0.25, -0.2) is 13.8 Å². The van der Waals surface area contributed by atoms with Crippen LogP contribution in [-0.2, 0) is 10.0 Å². The molecule has 0 bridgehead atoms. The minimum Gasteiger partial charge on any atom is -0.495 e. The van der Waals surface area contributed by atoms with Crippen LogP contribution in [-0.4, -0.2) is 27.1 Å². The zero-order chi connectivity index (χ0) is 20.7. The summed E-state index contributed by atoms with van der Waals surface area (Å²) in [5.41, 5.74) is 3.79. The van der Waals surface area contributed by atoms with Crippen LogP contribution in [0.25, 0.3) is 0 Å². The van der Waals surface area contributed by atoms with Gasteiger partial charge in [-0.15, -0.1) is 0 Å². The number of nitrogens with one attached hydrogen (secondary N) is 2. The van der Waals surface area contributed by atoms with Gasteiger partial charge in [0.15, 0.2) is 0 Å². The largest absolute Gasteiger partial charge is 0.495 e. The van der Waals surface area contributed by atoms with Crippen molar-refractivity contribution >= 4 is 27.3 Å². The van der Waals surface area contributed by atoms with E-state index in [0.29, 0.717) is 11.4 Å². The van der Waals surface area contributed by atoms with Gasteiger partial charge in [-0.3, -0.25) is 9.52 Å². The quantitative estimate of drug-likeness (QED) is 0.519. The Hall–Kier alpha value is -2.87. The van der Waals surface area contributed by atoms with Crippen molar-refractivity contribution in [1.29, 1.82) is 0 Å². The first-order valence-electron chi connectivity index (χ1n) is 8.89. The summed E-state index contributed by atoms with van der Waals surface area (Å²) in [6, 6.07) is 12.5. The van der Waals surface area contributed by atoms with E-state index in [1.807, 2.05) is 20.8 Å². The Labute approximate surface area is 165 Å². The van der Waals surface area contributed by atoms with Crippen molar-refractivity contribution in [2.45, 2.75) is 32.1 Å². The molecule has 28 heavy (non-hydrogen) atoms. The third-order valence-corrected chi connectivity index (χ3v) is 5.78. The van der Waals surface area contributed by atoms with E-state index in [1.165, 1.54) is 31.4 Å². The summed E-state index contributed by atoms with van der Waals surface area (Å²) in [6.07, 6.45) is 0.910. The van der Waals surface area contributed by atoms with Gasteiger partial charge >= 0.3 is 0 Å². The average molecular weight is 404 g/mol. The van der Waals surface area contributed by atoms with E-state index in [0.717, 1.165) is 12.1 Å². The molecule has 2 aromatic carbocycles. The number of ether oxygens (including phenoxy) is 1. The highest BCUT2D eigenvalue weighted by Gasteiger charge is 2.18. The molecular formula is C20H25N3O4S. The first-order valence-corrected chi connectivity index (χ1v) is 10.4. The molecule has 0 saturated carbocycles. The summed E-state index contributed by atoms with van der Waals surface area (Å²) in [4.78, 5) is 12.3. The van der Waals surface area contributed by atoms with Gasteiger partial charge in [-0.1, -0.05) is 32.0 Å². The Morgan fingerprint density at radius 3 is 2.57 bits per heavy atom. The maximum Gasteiger partial charge on any atom is 0.271 e. The second kappa shape index (κ2) is 9.36. The van der Waals surface area contributed by atoms with Crippen LogP contribution in [0.2, 0.25) is 0 Å². The van der Waals surface area contributed by atoms with Gasteiger partial charge < -0.3 is 4.74 Å². The number of anilines is 1. The van der Waals surface area contributed by atoms with E-state index in [-0.39, 0.29) is 16.4 Å². The normalized spacial score (nSPS) is 12.9. The fourth-order valence-electron chi connectivity index (χ4n) is 2.35. The summed E-state index contributed by atoms with van der Waals surface area (Å²) in [7, 11) is -2.44. The van der Waals surface area contributed by atoms with Crippen LogP contribution < -0.4 is 14.9 Å². The van der Waals surface area contributed by atoms with Crippen LogP contribution in [0.15, 0.2) is 58.5 Å². The molecule has 0 aromatic heterocycles. The van der Waals surface area contributed by atoms with Crippen molar-refractivity contribution in [3.63, 3.8) is 0 Å². The Balaban J connectivity index is 2.23. The Morgan fingerprint density at radius 1 is 1.18 bits per heavy atom. The molecule has 0 aliphatic carbocycles. The third-order valence-electron chi connectivity index (χ3n) is 4.42. The maximum atomic E-state index is 12.7. The molecule has 0 spiro atoms. The lowest BCUT2D eigenvalue weighted by Gasteiger charge is -2.12. The summed E-state index contributed by atoms with van der Waals surface area (Å²) >= 11 is 0. The number of hydrogen-bond donors (Lipinski definition) is 2. The maximum absolute atomic E-state index is 12.7. The van der Waals surface area contributed by atoms with Gasteiger partial charge in [0.25, 0.3) is 15.9 Å². The first kappa shape index (κ1) is 21.4. The number of rotatable bonds is 8. The molecule has 0 aliphatic heterocycles. The molecule has 7 nitrogen and oxygen atoms in total. The van der Waals surface area contributed by atoms with Gasteiger partial charge in [0.2, 0.25) is 0 Å². The number of amides is 1. The van der Waals surface area contributed by atoms with Crippen molar-refractivity contribution in [2.75, 3.05) is 11.8 Å². The molecule has 150 valence electrons. The van der Waals surface area contributed by atoms with Crippen LogP contribution >= 0.6 is 0 Å². The summed E-state index contributed by atoms with van der Waals surface area (Å²) < 4.78 is 33.1. The number of sulfonamides is 1. The van der Waals surface area contributed by atoms with Gasteiger partial charge in [-0.05, 0) is 49.6 Å². The number of methoxy groups -OCH3 is 1. The van der Waals surface area contributed by atoms with Crippen molar-refractivity contribution < 1.29 is 17.9 Å². The molecular weight excluding hydrogens is 378 g/mol. The fourth-order valence-corrected chi connectivity index (χ4v) is 3.46. The highest BCUT2D eigenvalue weighted by Crippen LogP contribution is 2.26. The number of carbonyl (C=O) groups is 1. The van der Waals surface area contributed by atoms with E-state index in [2.05, 4.69) is 15.2 Å². The number of carbonyl (C=O) groups excluding carboxylic acids is 1. The first-order chi connectivity index (χ1) is 13.3. The third kappa shape index (κ3) is 5.32. The molecule has 1 amide bonds. The zero-order valence-electron chi connectivity index (χ0n) is 16.4. The summed E-state index contributed by atoms with van der Waals surface area (Å²) in [6.45, 7) is 5.89. The van der Waals surface area contributed by atoms with E-state index in [4.69, 9.17) is 4.74 Å². The zero-order valence-corrected chi connectivity index (χ0v) is 17.2. The van der Waals surface area contributed by atoms with E-state index < -0.39 is 15.9 Å². The van der Waals surface area contributed by atoms with Gasteiger partial charge in [-0.2, -0.15) is 5.10 Å². The fraction of sp³-hybridized carbons (Fsp3) is 0.300. The molecule has 8 heteroatoms. The predicted molar refractivity (Wildman–Crippen MR) is 110 cm³/mol. The van der Waals surface area contributed by atoms with Crippen molar-refractivity contribution in [2.24, 2.45) is 11.0 Å². The molecule has 2 N–H and O–H groups in total. The standard InChI is InChI=1S/C20H25N3O4S/c1-5-14(2)15(3)21-22-20(24)16-9-8-10-17(13-16)28(25,26)23-18-11-6-7-12-19(18)27-4/h6-14,23H,5H2,1-4H3,(H,22,24)/b21-15-/t14-/m0/s1. The van der Waals surface area contributed by atoms with Crippen LogP contribution in [0.3, 0.4) is 0 Å². The topological polar surface area (TPSA) is 96.9 Å². The molecule has 2 aromatic rings. The van der Waals surface area contributed by atoms with Gasteiger partial charge in [0, 0.05) is 11.3 Å². The van der Waals surface area contributed by atoms with Crippen molar-refractivity contribution in [3.05, 3.63) is 54.1 Å². The summed E-state index contributed by atoms with van der Waals surface area (Å²) in [5, 5.41) is 4.09. The highest BCUT2D eigenvalue weighted by atomic mass is 32.2. The van der Waals surface area contributed by atoms with Crippen LogP contribution in [0.1, 0.15) is 37.6 Å². The van der Waals surface area contributed by atoms with Crippen LogP contribution in [0.5, 0.6) is 5.75 Å². The van der Waals surface area contributed by atoms with Crippen molar-refractivity contribution in [3.8, 4) is 5.75 Å². The molecule has 0 fully saturated rings.